The summed E-state index contributed by atoms with van der Waals surface area (Å²) in [5.41, 5.74) is 0.780. The highest BCUT2D eigenvalue weighted by atomic mass is 79.9. The zero-order valence-corrected chi connectivity index (χ0v) is 10.6. The Bertz CT molecular complexity index is 421. The second-order valence-corrected chi connectivity index (χ2v) is 4.00. The van der Waals surface area contributed by atoms with Crippen molar-refractivity contribution in [3.8, 4) is 11.8 Å². The summed E-state index contributed by atoms with van der Waals surface area (Å²) in [4.78, 5) is 11.4. The Kier molecular flexibility index (Phi) is 5.62. The predicted octanol–water partition coefficient (Wildman–Crippen LogP) is 2.00. The van der Waals surface area contributed by atoms with Gasteiger partial charge in [-0.15, -0.1) is 5.92 Å². The molecule has 1 amide bonds. The highest BCUT2D eigenvalue weighted by Gasteiger charge is 2.00. The second kappa shape index (κ2) is 7.04. The van der Waals surface area contributed by atoms with E-state index in [1.807, 2.05) is 24.3 Å². The zero-order chi connectivity index (χ0) is 11.8. The minimum Gasteiger partial charge on any atom is -0.325 e. The van der Waals surface area contributed by atoms with Crippen LogP contribution in [0.3, 0.4) is 0 Å². The van der Waals surface area contributed by atoms with Crippen molar-refractivity contribution >= 4 is 27.5 Å². The van der Waals surface area contributed by atoms with Crippen LogP contribution in [-0.4, -0.2) is 19.0 Å². The van der Waals surface area contributed by atoms with Crippen molar-refractivity contribution < 1.29 is 4.79 Å². The largest absolute Gasteiger partial charge is 0.325 e. The first kappa shape index (κ1) is 12.8. The van der Waals surface area contributed by atoms with Crippen LogP contribution in [0, 0.1) is 11.8 Å². The molecule has 0 saturated carbocycles. The molecule has 0 bridgehead atoms. The fourth-order valence-corrected chi connectivity index (χ4v) is 1.50. The Balaban J connectivity index is 2.36. The first-order chi connectivity index (χ1) is 7.72. The number of rotatable bonds is 4. The molecule has 0 aliphatic carbocycles. The molecule has 0 radical (unpaired) electrons. The minimum absolute atomic E-state index is 0.0731. The molecule has 0 unspecified atom stereocenters. The summed E-state index contributed by atoms with van der Waals surface area (Å²) in [6.07, 6.45) is 0. The molecule has 4 heteroatoms. The fraction of sp³-hybridized carbons (Fsp3) is 0.250. The van der Waals surface area contributed by atoms with Crippen molar-refractivity contribution in [2.45, 2.75) is 6.92 Å². The predicted molar refractivity (Wildman–Crippen MR) is 69.1 cm³/mol. The highest BCUT2D eigenvalue weighted by Crippen LogP contribution is 2.15. The van der Waals surface area contributed by atoms with E-state index in [0.29, 0.717) is 6.54 Å². The summed E-state index contributed by atoms with van der Waals surface area (Å²) in [5.74, 6) is 5.50. The van der Waals surface area contributed by atoms with Crippen LogP contribution in [-0.2, 0) is 4.79 Å². The van der Waals surface area contributed by atoms with Gasteiger partial charge in [-0.25, -0.2) is 0 Å². The van der Waals surface area contributed by atoms with Gasteiger partial charge in [0.05, 0.1) is 13.1 Å². The molecule has 3 nitrogen and oxygen atoms in total. The van der Waals surface area contributed by atoms with E-state index in [1.54, 1.807) is 6.92 Å². The van der Waals surface area contributed by atoms with Crippen LogP contribution in [0.25, 0.3) is 0 Å². The van der Waals surface area contributed by atoms with Crippen LogP contribution in [0.2, 0.25) is 0 Å². The Hall–Kier alpha value is -1.31. The van der Waals surface area contributed by atoms with Crippen LogP contribution >= 0.6 is 15.9 Å². The Morgan fingerprint density at radius 2 is 2.31 bits per heavy atom. The lowest BCUT2D eigenvalue weighted by Crippen LogP contribution is -2.28. The summed E-state index contributed by atoms with van der Waals surface area (Å²) < 4.78 is 0.940. The number of hydrogen-bond donors (Lipinski definition) is 2. The molecule has 16 heavy (non-hydrogen) atoms. The molecule has 0 aliphatic rings. The Labute approximate surface area is 104 Å². The monoisotopic (exact) mass is 280 g/mol. The van der Waals surface area contributed by atoms with E-state index in [4.69, 9.17) is 0 Å². The number of hydrogen-bond acceptors (Lipinski definition) is 2. The summed E-state index contributed by atoms with van der Waals surface area (Å²) in [7, 11) is 0. The lowest BCUT2D eigenvalue weighted by Gasteiger charge is -2.05. The Morgan fingerprint density at radius 1 is 1.50 bits per heavy atom. The van der Waals surface area contributed by atoms with E-state index in [1.165, 1.54) is 0 Å². The fourth-order valence-electron chi connectivity index (χ4n) is 1.10. The maximum atomic E-state index is 11.4. The molecule has 0 aliphatic heterocycles. The maximum absolute atomic E-state index is 11.4. The van der Waals surface area contributed by atoms with Gasteiger partial charge in [-0.1, -0.05) is 27.9 Å². The van der Waals surface area contributed by atoms with Gasteiger partial charge in [0.1, 0.15) is 0 Å². The van der Waals surface area contributed by atoms with Gasteiger partial charge in [0.25, 0.3) is 0 Å². The number of carbonyl (C=O) groups is 1. The molecule has 2 N–H and O–H groups in total. The smallest absolute Gasteiger partial charge is 0.238 e. The third-order valence-electron chi connectivity index (χ3n) is 1.78. The lowest BCUT2D eigenvalue weighted by molar-refractivity contribution is -0.115. The van der Waals surface area contributed by atoms with Gasteiger partial charge >= 0.3 is 0 Å². The van der Waals surface area contributed by atoms with Crippen molar-refractivity contribution in [3.05, 3.63) is 28.7 Å². The first-order valence-corrected chi connectivity index (χ1v) is 5.67. The third kappa shape index (κ3) is 4.96. The van der Waals surface area contributed by atoms with Gasteiger partial charge < -0.3 is 5.32 Å². The van der Waals surface area contributed by atoms with Crippen molar-refractivity contribution in [3.63, 3.8) is 0 Å². The van der Waals surface area contributed by atoms with E-state index >= 15 is 0 Å². The van der Waals surface area contributed by atoms with E-state index in [2.05, 4.69) is 38.4 Å². The summed E-state index contributed by atoms with van der Waals surface area (Å²) in [6.45, 7) is 2.56. The molecule has 0 fully saturated rings. The van der Waals surface area contributed by atoms with Crippen molar-refractivity contribution in [1.29, 1.82) is 0 Å². The average molecular weight is 281 g/mol. The number of halogens is 1. The van der Waals surface area contributed by atoms with Gasteiger partial charge in [-0.05, 0) is 25.1 Å². The normalized spacial score (nSPS) is 9.12. The summed E-state index contributed by atoms with van der Waals surface area (Å²) in [6, 6.07) is 7.47. The van der Waals surface area contributed by atoms with E-state index < -0.39 is 0 Å². The van der Waals surface area contributed by atoms with E-state index in [9.17, 15) is 4.79 Å². The first-order valence-electron chi connectivity index (χ1n) is 4.88. The van der Waals surface area contributed by atoms with Crippen LogP contribution in [0.1, 0.15) is 6.92 Å². The third-order valence-corrected chi connectivity index (χ3v) is 2.28. The Morgan fingerprint density at radius 3 is 3.00 bits per heavy atom. The van der Waals surface area contributed by atoms with Crippen molar-refractivity contribution in [1.82, 2.24) is 5.32 Å². The van der Waals surface area contributed by atoms with Crippen LogP contribution in [0.4, 0.5) is 5.69 Å². The summed E-state index contributed by atoms with van der Waals surface area (Å²) in [5, 5.41) is 5.70. The molecule has 1 rings (SSSR count). The van der Waals surface area contributed by atoms with Gasteiger partial charge in [-0.2, -0.15) is 0 Å². The van der Waals surface area contributed by atoms with Crippen molar-refractivity contribution in [2.75, 3.05) is 18.4 Å². The molecular weight excluding hydrogens is 268 g/mol. The van der Waals surface area contributed by atoms with Crippen LogP contribution in [0.15, 0.2) is 28.7 Å². The quantitative estimate of drug-likeness (QED) is 0.654. The van der Waals surface area contributed by atoms with Gasteiger partial charge in [0.15, 0.2) is 0 Å². The average Bonchev–Trinajstić information content (AvgIpc) is 2.24. The molecule has 84 valence electrons. The highest BCUT2D eigenvalue weighted by molar-refractivity contribution is 9.10. The standard InChI is InChI=1S/C12H13BrN2O/c1-2-3-7-14-9-12(16)15-11-6-4-5-10(13)8-11/h4-6,8,14H,7,9H2,1H3,(H,15,16). The number of benzene rings is 1. The molecule has 0 heterocycles. The number of amides is 1. The molecule has 0 aromatic heterocycles. The topological polar surface area (TPSA) is 41.1 Å². The number of carbonyl (C=O) groups excluding carboxylic acids is 1. The molecule has 1 aromatic rings. The molecule has 0 atom stereocenters. The summed E-state index contributed by atoms with van der Waals surface area (Å²) >= 11 is 3.34. The molecule has 0 spiro atoms. The minimum atomic E-state index is -0.0731. The van der Waals surface area contributed by atoms with E-state index in [-0.39, 0.29) is 12.5 Å². The van der Waals surface area contributed by atoms with Crippen LogP contribution < -0.4 is 10.6 Å². The van der Waals surface area contributed by atoms with Gasteiger partial charge in [0, 0.05) is 10.2 Å². The van der Waals surface area contributed by atoms with Gasteiger partial charge in [-0.3, -0.25) is 10.1 Å². The SMILES string of the molecule is CC#CCNCC(=O)Nc1cccc(Br)c1. The molecule has 1 aromatic carbocycles. The van der Waals surface area contributed by atoms with Gasteiger partial charge in [0.2, 0.25) is 5.91 Å². The second-order valence-electron chi connectivity index (χ2n) is 3.09. The number of anilines is 1. The van der Waals surface area contributed by atoms with Crippen molar-refractivity contribution in [2.24, 2.45) is 0 Å². The molecule has 0 saturated heterocycles. The lowest BCUT2D eigenvalue weighted by atomic mass is 10.3. The van der Waals surface area contributed by atoms with Crippen LogP contribution in [0.5, 0.6) is 0 Å². The van der Waals surface area contributed by atoms with E-state index in [0.717, 1.165) is 10.2 Å². The maximum Gasteiger partial charge on any atom is 0.238 e. The zero-order valence-electron chi connectivity index (χ0n) is 9.01. The number of nitrogens with one attached hydrogen (secondary N) is 2. The molecular formula is C12H13BrN2O.